The molecule has 0 saturated heterocycles. The Morgan fingerprint density at radius 3 is 1.66 bits per heavy atom. The van der Waals surface area contributed by atoms with Crippen molar-refractivity contribution in [3.8, 4) is 0 Å². The molecule has 32 heavy (non-hydrogen) atoms. The summed E-state index contributed by atoms with van der Waals surface area (Å²) in [6, 6.07) is -4.32. The zero-order valence-corrected chi connectivity index (χ0v) is 19.7. The van der Waals surface area contributed by atoms with Crippen LogP contribution in [0.25, 0.3) is 0 Å². The van der Waals surface area contributed by atoms with Crippen LogP contribution < -0.4 is 21.7 Å². The van der Waals surface area contributed by atoms with Crippen molar-refractivity contribution in [1.29, 1.82) is 0 Å². The fraction of sp³-hybridized carbons (Fsp3) is 0.762. The number of carboxylic acid groups (broad SMARTS) is 2. The third kappa shape index (κ3) is 10.6. The number of rotatable bonds is 14. The minimum Gasteiger partial charge on any atom is -0.481 e. The average molecular weight is 459 g/mol. The van der Waals surface area contributed by atoms with Gasteiger partial charge in [-0.15, -0.1) is 0 Å². The molecule has 0 radical (unpaired) electrons. The first kappa shape index (κ1) is 29.3. The van der Waals surface area contributed by atoms with Crippen molar-refractivity contribution < 1.29 is 34.2 Å². The average Bonchev–Trinajstić information content (AvgIpc) is 2.65. The van der Waals surface area contributed by atoms with Gasteiger partial charge in [-0.05, 0) is 30.6 Å². The highest BCUT2D eigenvalue weighted by Crippen LogP contribution is 2.09. The van der Waals surface area contributed by atoms with Gasteiger partial charge < -0.3 is 31.9 Å². The summed E-state index contributed by atoms with van der Waals surface area (Å²) in [5, 5.41) is 25.7. The van der Waals surface area contributed by atoms with Crippen molar-refractivity contribution >= 4 is 29.7 Å². The largest absolute Gasteiger partial charge is 0.481 e. The fourth-order valence-corrected chi connectivity index (χ4v) is 2.98. The highest BCUT2D eigenvalue weighted by Gasteiger charge is 2.32. The van der Waals surface area contributed by atoms with Gasteiger partial charge in [0.2, 0.25) is 17.7 Å². The number of hydrogen-bond donors (Lipinski definition) is 6. The first-order valence-corrected chi connectivity index (χ1v) is 10.8. The molecule has 184 valence electrons. The summed E-state index contributed by atoms with van der Waals surface area (Å²) in [6.45, 7) is 10.4. The van der Waals surface area contributed by atoms with E-state index in [1.807, 2.05) is 13.8 Å². The van der Waals surface area contributed by atoms with Crippen LogP contribution in [-0.2, 0) is 24.0 Å². The molecule has 0 fully saturated rings. The van der Waals surface area contributed by atoms with E-state index < -0.39 is 66.2 Å². The smallest absolute Gasteiger partial charge is 0.326 e. The van der Waals surface area contributed by atoms with E-state index in [1.54, 1.807) is 27.7 Å². The van der Waals surface area contributed by atoms with Gasteiger partial charge in [-0.25, -0.2) is 4.79 Å². The molecule has 0 aromatic carbocycles. The number of carbonyl (C=O) groups excluding carboxylic acids is 3. The first-order chi connectivity index (χ1) is 14.7. The number of carbonyl (C=O) groups is 5. The lowest BCUT2D eigenvalue weighted by Gasteiger charge is -2.27. The predicted molar refractivity (Wildman–Crippen MR) is 117 cm³/mol. The van der Waals surface area contributed by atoms with Crippen molar-refractivity contribution in [3.05, 3.63) is 0 Å². The molecule has 0 rings (SSSR count). The standard InChI is InChI=1S/C21H38N4O7/c1-10(2)9-13(22)18(28)24-16(11(3)4)20(30)23-14(7-8-15(26)27)19(29)25-17(12(5)6)21(31)32/h10-14,16-17H,7-9,22H2,1-6H3,(H,23,30)(H,24,28)(H,25,29)(H,26,27)(H,31,32). The number of carboxylic acids is 2. The number of nitrogens with one attached hydrogen (secondary N) is 3. The Labute approximate surface area is 188 Å². The molecule has 4 unspecified atom stereocenters. The maximum absolute atomic E-state index is 12.9. The number of hydrogen-bond acceptors (Lipinski definition) is 6. The number of nitrogens with two attached hydrogens (primary N) is 1. The first-order valence-electron chi connectivity index (χ1n) is 10.8. The molecular formula is C21H38N4O7. The van der Waals surface area contributed by atoms with Gasteiger partial charge in [-0.1, -0.05) is 41.5 Å². The van der Waals surface area contributed by atoms with Crippen molar-refractivity contribution in [1.82, 2.24) is 16.0 Å². The molecule has 11 heteroatoms. The van der Waals surface area contributed by atoms with Crippen molar-refractivity contribution in [3.63, 3.8) is 0 Å². The van der Waals surface area contributed by atoms with E-state index in [-0.39, 0.29) is 18.3 Å². The second kappa shape index (κ2) is 13.7. The third-order valence-electron chi connectivity index (χ3n) is 4.82. The fourth-order valence-electron chi connectivity index (χ4n) is 2.98. The molecule has 0 aromatic heterocycles. The van der Waals surface area contributed by atoms with Crippen LogP contribution in [-0.4, -0.2) is 64.0 Å². The summed E-state index contributed by atoms with van der Waals surface area (Å²) in [7, 11) is 0. The molecule has 0 bridgehead atoms. The van der Waals surface area contributed by atoms with Gasteiger partial charge in [-0.3, -0.25) is 19.2 Å². The summed E-state index contributed by atoms with van der Waals surface area (Å²) in [5.41, 5.74) is 5.88. The normalized spacial score (nSPS) is 15.1. The molecule has 3 amide bonds. The molecule has 0 aromatic rings. The molecule has 7 N–H and O–H groups in total. The molecule has 0 aliphatic carbocycles. The maximum Gasteiger partial charge on any atom is 0.326 e. The predicted octanol–water partition coefficient (Wildman–Crippen LogP) is 0.0756. The van der Waals surface area contributed by atoms with Crippen LogP contribution in [0.3, 0.4) is 0 Å². The van der Waals surface area contributed by atoms with E-state index in [0.29, 0.717) is 6.42 Å². The zero-order valence-electron chi connectivity index (χ0n) is 19.7. The Balaban J connectivity index is 5.48. The SMILES string of the molecule is CC(C)CC(N)C(=O)NC(C(=O)NC(CCC(=O)O)C(=O)NC(C(=O)O)C(C)C)C(C)C. The summed E-state index contributed by atoms with van der Waals surface area (Å²) in [4.78, 5) is 60.3. The molecule has 11 nitrogen and oxygen atoms in total. The second-order valence-electron chi connectivity index (χ2n) is 9.03. The van der Waals surface area contributed by atoms with Crippen LogP contribution in [0.15, 0.2) is 0 Å². The lowest BCUT2D eigenvalue weighted by molar-refractivity contribution is -0.144. The van der Waals surface area contributed by atoms with Gasteiger partial charge in [-0.2, -0.15) is 0 Å². The molecule has 4 atom stereocenters. The summed E-state index contributed by atoms with van der Waals surface area (Å²) in [5.74, 6) is -5.04. The summed E-state index contributed by atoms with van der Waals surface area (Å²) < 4.78 is 0. The van der Waals surface area contributed by atoms with Crippen molar-refractivity contribution in [2.45, 2.75) is 85.0 Å². The minimum absolute atomic E-state index is 0.175. The van der Waals surface area contributed by atoms with E-state index in [1.165, 1.54) is 0 Å². The lowest BCUT2D eigenvalue weighted by Crippen LogP contribution is -2.58. The second-order valence-corrected chi connectivity index (χ2v) is 9.03. The Hall–Kier alpha value is -2.69. The van der Waals surface area contributed by atoms with E-state index in [4.69, 9.17) is 10.8 Å². The van der Waals surface area contributed by atoms with Crippen LogP contribution >= 0.6 is 0 Å². The topological polar surface area (TPSA) is 188 Å². The zero-order chi connectivity index (χ0) is 25.2. The maximum atomic E-state index is 12.9. The highest BCUT2D eigenvalue weighted by molar-refractivity contribution is 5.94. The van der Waals surface area contributed by atoms with Gasteiger partial charge in [0.05, 0.1) is 6.04 Å². The van der Waals surface area contributed by atoms with Crippen molar-refractivity contribution in [2.24, 2.45) is 23.5 Å². The van der Waals surface area contributed by atoms with Crippen LogP contribution in [0.5, 0.6) is 0 Å². The van der Waals surface area contributed by atoms with Crippen LogP contribution in [0.4, 0.5) is 0 Å². The monoisotopic (exact) mass is 458 g/mol. The minimum atomic E-state index is -1.29. The Bertz CT molecular complexity index is 679. The van der Waals surface area contributed by atoms with Gasteiger partial charge in [0.1, 0.15) is 18.1 Å². The molecule has 0 aliphatic heterocycles. The number of amides is 3. The van der Waals surface area contributed by atoms with Gasteiger partial charge in [0.15, 0.2) is 0 Å². The Morgan fingerprint density at radius 1 is 0.750 bits per heavy atom. The van der Waals surface area contributed by atoms with Crippen LogP contribution in [0.1, 0.15) is 60.8 Å². The Morgan fingerprint density at radius 2 is 1.25 bits per heavy atom. The van der Waals surface area contributed by atoms with E-state index in [9.17, 15) is 29.1 Å². The van der Waals surface area contributed by atoms with Gasteiger partial charge >= 0.3 is 11.9 Å². The highest BCUT2D eigenvalue weighted by atomic mass is 16.4. The van der Waals surface area contributed by atoms with E-state index in [0.717, 1.165) is 0 Å². The molecular weight excluding hydrogens is 420 g/mol. The third-order valence-corrected chi connectivity index (χ3v) is 4.82. The van der Waals surface area contributed by atoms with Crippen LogP contribution in [0.2, 0.25) is 0 Å². The molecule has 0 spiro atoms. The molecule has 0 heterocycles. The lowest BCUT2D eigenvalue weighted by atomic mass is 9.99. The van der Waals surface area contributed by atoms with Crippen LogP contribution in [0, 0.1) is 17.8 Å². The molecule has 0 aliphatic rings. The molecule has 0 saturated carbocycles. The number of aliphatic carboxylic acids is 2. The quantitative estimate of drug-likeness (QED) is 0.211. The van der Waals surface area contributed by atoms with E-state index >= 15 is 0 Å². The Kier molecular flexibility index (Phi) is 12.5. The van der Waals surface area contributed by atoms with Gasteiger partial charge in [0, 0.05) is 6.42 Å². The van der Waals surface area contributed by atoms with E-state index in [2.05, 4.69) is 16.0 Å². The summed E-state index contributed by atoms with van der Waals surface area (Å²) in [6.07, 6.45) is -0.244. The van der Waals surface area contributed by atoms with Gasteiger partial charge in [0.25, 0.3) is 0 Å². The summed E-state index contributed by atoms with van der Waals surface area (Å²) >= 11 is 0. The van der Waals surface area contributed by atoms with Crippen molar-refractivity contribution in [2.75, 3.05) is 0 Å².